The highest BCUT2D eigenvalue weighted by molar-refractivity contribution is 5.95. The van der Waals surface area contributed by atoms with Crippen molar-refractivity contribution in [1.29, 1.82) is 0 Å². The molecule has 1 aromatic rings. The first kappa shape index (κ1) is 17.9. The SMILES string of the molecule is COC(=O)CNC(=O)Cc1ccc(NC(=O)C2CCCCN2)cc1. The zero-order chi connectivity index (χ0) is 17.4. The Hall–Kier alpha value is -2.41. The third kappa shape index (κ3) is 5.66. The van der Waals surface area contributed by atoms with Gasteiger partial charge in [-0.15, -0.1) is 0 Å². The van der Waals surface area contributed by atoms with Gasteiger partial charge in [-0.05, 0) is 37.1 Å². The lowest BCUT2D eigenvalue weighted by Gasteiger charge is -2.22. The third-order valence-electron chi connectivity index (χ3n) is 3.87. The van der Waals surface area contributed by atoms with E-state index < -0.39 is 5.97 Å². The van der Waals surface area contributed by atoms with Crippen molar-refractivity contribution < 1.29 is 19.1 Å². The molecule has 130 valence electrons. The second kappa shape index (κ2) is 9.02. The highest BCUT2D eigenvalue weighted by atomic mass is 16.5. The van der Waals surface area contributed by atoms with Crippen molar-refractivity contribution in [3.8, 4) is 0 Å². The Balaban J connectivity index is 1.80. The zero-order valence-corrected chi connectivity index (χ0v) is 13.8. The Morgan fingerprint density at radius 3 is 2.58 bits per heavy atom. The lowest BCUT2D eigenvalue weighted by molar-refractivity contribution is -0.141. The average molecular weight is 333 g/mol. The molecule has 3 N–H and O–H groups in total. The summed E-state index contributed by atoms with van der Waals surface area (Å²) in [6.45, 7) is 0.732. The van der Waals surface area contributed by atoms with E-state index in [4.69, 9.17) is 0 Å². The number of nitrogens with one attached hydrogen (secondary N) is 3. The van der Waals surface area contributed by atoms with E-state index in [9.17, 15) is 14.4 Å². The Kier molecular flexibility index (Phi) is 6.74. The summed E-state index contributed by atoms with van der Waals surface area (Å²) in [6, 6.07) is 6.96. The van der Waals surface area contributed by atoms with Crippen LogP contribution in [0.1, 0.15) is 24.8 Å². The quantitative estimate of drug-likeness (QED) is 0.663. The molecule has 7 heteroatoms. The van der Waals surface area contributed by atoms with Gasteiger partial charge < -0.3 is 20.7 Å². The molecule has 1 saturated heterocycles. The van der Waals surface area contributed by atoms with E-state index >= 15 is 0 Å². The van der Waals surface area contributed by atoms with Crippen LogP contribution in [0.5, 0.6) is 0 Å². The highest BCUT2D eigenvalue weighted by Gasteiger charge is 2.20. The van der Waals surface area contributed by atoms with Crippen LogP contribution in [0.2, 0.25) is 0 Å². The number of piperidine rings is 1. The number of carbonyl (C=O) groups excluding carboxylic acids is 3. The molecule has 2 rings (SSSR count). The number of ether oxygens (including phenoxy) is 1. The second-order valence-electron chi connectivity index (χ2n) is 5.72. The topological polar surface area (TPSA) is 96.5 Å². The highest BCUT2D eigenvalue weighted by Crippen LogP contribution is 2.13. The molecule has 0 aliphatic carbocycles. The van der Waals surface area contributed by atoms with Crippen LogP contribution in [0.25, 0.3) is 0 Å². The molecule has 0 radical (unpaired) electrons. The minimum absolute atomic E-state index is 0.0294. The normalized spacial score (nSPS) is 17.0. The summed E-state index contributed by atoms with van der Waals surface area (Å²) in [5.74, 6) is -0.778. The molecule has 0 bridgehead atoms. The van der Waals surface area contributed by atoms with Gasteiger partial charge >= 0.3 is 5.97 Å². The molecule has 1 heterocycles. The van der Waals surface area contributed by atoms with Crippen LogP contribution in [-0.2, 0) is 25.5 Å². The summed E-state index contributed by atoms with van der Waals surface area (Å²) in [4.78, 5) is 34.8. The molecule has 0 saturated carbocycles. The van der Waals surface area contributed by atoms with Crippen molar-refractivity contribution in [2.75, 3.05) is 25.5 Å². The molecular formula is C17H23N3O4. The number of carbonyl (C=O) groups is 3. The first-order chi connectivity index (χ1) is 11.6. The minimum atomic E-state index is -0.488. The van der Waals surface area contributed by atoms with Crippen LogP contribution in [0.4, 0.5) is 5.69 Å². The molecule has 1 unspecified atom stereocenters. The van der Waals surface area contributed by atoms with Crippen LogP contribution in [-0.4, -0.2) is 44.0 Å². The smallest absolute Gasteiger partial charge is 0.325 e. The molecule has 24 heavy (non-hydrogen) atoms. The Morgan fingerprint density at radius 2 is 1.96 bits per heavy atom. The van der Waals surface area contributed by atoms with Gasteiger partial charge in [0.15, 0.2) is 0 Å². The maximum absolute atomic E-state index is 12.1. The molecule has 2 amide bonds. The van der Waals surface area contributed by atoms with Crippen LogP contribution in [0, 0.1) is 0 Å². The number of hydrogen-bond donors (Lipinski definition) is 3. The zero-order valence-electron chi connectivity index (χ0n) is 13.8. The predicted molar refractivity (Wildman–Crippen MR) is 89.4 cm³/mol. The number of rotatable bonds is 6. The largest absolute Gasteiger partial charge is 0.468 e. The van der Waals surface area contributed by atoms with Gasteiger partial charge in [0.05, 0.1) is 19.6 Å². The van der Waals surface area contributed by atoms with Gasteiger partial charge in [-0.3, -0.25) is 14.4 Å². The third-order valence-corrected chi connectivity index (χ3v) is 3.87. The van der Waals surface area contributed by atoms with Gasteiger partial charge in [0, 0.05) is 5.69 Å². The molecule has 1 aliphatic heterocycles. The van der Waals surface area contributed by atoms with Gasteiger partial charge in [0.25, 0.3) is 0 Å². The lowest BCUT2D eigenvalue weighted by Crippen LogP contribution is -2.43. The van der Waals surface area contributed by atoms with Gasteiger partial charge in [-0.25, -0.2) is 0 Å². The van der Waals surface area contributed by atoms with E-state index in [1.54, 1.807) is 24.3 Å². The van der Waals surface area contributed by atoms with E-state index in [1.165, 1.54) is 7.11 Å². The summed E-state index contributed by atoms with van der Waals surface area (Å²) in [7, 11) is 1.27. The molecule has 1 aromatic carbocycles. The number of benzene rings is 1. The molecule has 0 spiro atoms. The Bertz CT molecular complexity index is 580. The van der Waals surface area contributed by atoms with Crippen molar-refractivity contribution >= 4 is 23.5 Å². The van der Waals surface area contributed by atoms with Crippen LogP contribution < -0.4 is 16.0 Å². The van der Waals surface area contributed by atoms with Gasteiger partial charge in [0.1, 0.15) is 6.54 Å². The first-order valence-electron chi connectivity index (χ1n) is 8.05. The lowest BCUT2D eigenvalue weighted by atomic mass is 10.0. The summed E-state index contributed by atoms with van der Waals surface area (Å²) in [6.07, 6.45) is 3.18. The van der Waals surface area contributed by atoms with E-state index in [0.29, 0.717) is 5.69 Å². The van der Waals surface area contributed by atoms with Crippen molar-refractivity contribution in [2.24, 2.45) is 0 Å². The molecule has 7 nitrogen and oxygen atoms in total. The Labute approximate surface area is 141 Å². The van der Waals surface area contributed by atoms with Crippen LogP contribution in [0.15, 0.2) is 24.3 Å². The summed E-state index contributed by atoms with van der Waals surface area (Å²) >= 11 is 0. The monoisotopic (exact) mass is 333 g/mol. The maximum atomic E-state index is 12.1. The van der Waals surface area contributed by atoms with E-state index in [-0.39, 0.29) is 30.8 Å². The van der Waals surface area contributed by atoms with Crippen molar-refractivity contribution in [1.82, 2.24) is 10.6 Å². The molecular weight excluding hydrogens is 310 g/mol. The number of amides is 2. The van der Waals surface area contributed by atoms with Crippen molar-refractivity contribution in [3.05, 3.63) is 29.8 Å². The summed E-state index contributed by atoms with van der Waals surface area (Å²) in [5.41, 5.74) is 1.50. The molecule has 0 aromatic heterocycles. The van der Waals surface area contributed by atoms with Crippen molar-refractivity contribution in [2.45, 2.75) is 31.7 Å². The van der Waals surface area contributed by atoms with Gasteiger partial charge in [-0.2, -0.15) is 0 Å². The predicted octanol–water partition coefficient (Wildman–Crippen LogP) is 0.599. The van der Waals surface area contributed by atoms with Crippen LogP contribution >= 0.6 is 0 Å². The fourth-order valence-electron chi connectivity index (χ4n) is 2.50. The standard InChI is InChI=1S/C17H23N3O4/c1-24-16(22)11-19-15(21)10-12-5-7-13(8-6-12)20-17(23)14-4-2-3-9-18-14/h5-8,14,18H,2-4,9-11H2,1H3,(H,19,21)(H,20,23). The van der Waals surface area contributed by atoms with Gasteiger partial charge in [0.2, 0.25) is 11.8 Å². The van der Waals surface area contributed by atoms with E-state index in [0.717, 1.165) is 31.4 Å². The average Bonchev–Trinajstić information content (AvgIpc) is 2.62. The van der Waals surface area contributed by atoms with Crippen molar-refractivity contribution in [3.63, 3.8) is 0 Å². The molecule has 1 atom stereocenters. The van der Waals surface area contributed by atoms with Gasteiger partial charge in [-0.1, -0.05) is 18.6 Å². The minimum Gasteiger partial charge on any atom is -0.468 e. The Morgan fingerprint density at radius 1 is 1.21 bits per heavy atom. The first-order valence-corrected chi connectivity index (χ1v) is 8.05. The summed E-state index contributed by atoms with van der Waals surface area (Å²) < 4.78 is 4.45. The molecule has 1 aliphatic rings. The number of anilines is 1. The fraction of sp³-hybridized carbons (Fsp3) is 0.471. The van der Waals surface area contributed by atoms with E-state index in [2.05, 4.69) is 20.7 Å². The van der Waals surface area contributed by atoms with Crippen LogP contribution in [0.3, 0.4) is 0 Å². The maximum Gasteiger partial charge on any atom is 0.325 e. The fourth-order valence-corrected chi connectivity index (χ4v) is 2.50. The number of hydrogen-bond acceptors (Lipinski definition) is 5. The number of methoxy groups -OCH3 is 1. The summed E-state index contributed by atoms with van der Waals surface area (Å²) in [5, 5.41) is 8.56. The number of esters is 1. The van der Waals surface area contributed by atoms with E-state index in [1.807, 2.05) is 0 Å². The molecule has 1 fully saturated rings. The second-order valence-corrected chi connectivity index (χ2v) is 5.72.